The summed E-state index contributed by atoms with van der Waals surface area (Å²) in [5.74, 6) is 1.27. The van der Waals surface area contributed by atoms with Crippen molar-refractivity contribution in [2.45, 2.75) is 51.0 Å². The lowest BCUT2D eigenvalue weighted by molar-refractivity contribution is -0.125. The molecule has 0 bridgehead atoms. The Kier molecular flexibility index (Phi) is 6.15. The van der Waals surface area contributed by atoms with Crippen molar-refractivity contribution in [3.63, 3.8) is 0 Å². The van der Waals surface area contributed by atoms with E-state index < -0.39 is 0 Å². The first-order valence-corrected chi connectivity index (χ1v) is 10.9. The number of hydrogen-bond donors (Lipinski definition) is 2. The summed E-state index contributed by atoms with van der Waals surface area (Å²) in [5, 5.41) is 3.18. The highest BCUT2D eigenvalue weighted by molar-refractivity contribution is 5.79. The van der Waals surface area contributed by atoms with Crippen LogP contribution >= 0.6 is 0 Å². The molecule has 28 heavy (non-hydrogen) atoms. The van der Waals surface area contributed by atoms with Gasteiger partial charge < -0.3 is 20.1 Å². The van der Waals surface area contributed by atoms with Gasteiger partial charge in [-0.2, -0.15) is 0 Å². The Bertz CT molecular complexity index is 741. The molecule has 2 aromatic rings. The number of nitrogens with one attached hydrogen (secondary N) is 2. The van der Waals surface area contributed by atoms with Gasteiger partial charge in [-0.15, -0.1) is 0 Å². The third-order valence-corrected chi connectivity index (χ3v) is 6.50. The van der Waals surface area contributed by atoms with Crippen molar-refractivity contribution < 1.29 is 4.79 Å². The standard InChI is InChI=1S/C22H33N5O/c1-26(18-7-3-2-4-8-18)16-13-23-21(28)17-11-14-27(15-12-17)22-24-19-9-5-6-10-20(19)25-22/h5-6,9-10,17-18H,2-4,7-8,11-16H2,1H3,(H,23,28)(H,24,25). The van der Waals surface area contributed by atoms with Crippen LogP contribution in [0.15, 0.2) is 24.3 Å². The van der Waals surface area contributed by atoms with Crippen molar-refractivity contribution >= 4 is 22.9 Å². The zero-order chi connectivity index (χ0) is 19.3. The molecule has 152 valence electrons. The molecule has 0 spiro atoms. The molecular weight excluding hydrogens is 350 g/mol. The first kappa shape index (κ1) is 19.2. The van der Waals surface area contributed by atoms with E-state index in [0.29, 0.717) is 6.04 Å². The molecule has 6 nitrogen and oxygen atoms in total. The molecule has 2 heterocycles. The number of piperidine rings is 1. The number of aromatic amines is 1. The zero-order valence-electron chi connectivity index (χ0n) is 17.0. The number of hydrogen-bond acceptors (Lipinski definition) is 4. The third kappa shape index (κ3) is 4.49. The SMILES string of the molecule is CN(CCNC(=O)C1CCN(c2nc3ccccc3[nH]2)CC1)C1CCCCC1. The number of fused-ring (bicyclic) bond motifs is 1. The van der Waals surface area contributed by atoms with Crippen LogP contribution < -0.4 is 10.2 Å². The van der Waals surface area contributed by atoms with Gasteiger partial charge in [0.2, 0.25) is 11.9 Å². The van der Waals surface area contributed by atoms with Crippen molar-refractivity contribution in [2.24, 2.45) is 5.92 Å². The lowest BCUT2D eigenvalue weighted by atomic mass is 9.94. The molecule has 0 atom stereocenters. The maximum atomic E-state index is 12.6. The van der Waals surface area contributed by atoms with Crippen LogP contribution in [-0.4, -0.2) is 60.0 Å². The first-order valence-electron chi connectivity index (χ1n) is 10.9. The Labute approximate surface area is 167 Å². The number of anilines is 1. The maximum Gasteiger partial charge on any atom is 0.223 e. The van der Waals surface area contributed by atoms with Gasteiger partial charge in [-0.05, 0) is 44.9 Å². The lowest BCUT2D eigenvalue weighted by Gasteiger charge is -2.32. The molecular formula is C22H33N5O. The number of carbonyl (C=O) groups is 1. The van der Waals surface area contributed by atoms with E-state index in [0.717, 1.165) is 56.0 Å². The third-order valence-electron chi connectivity index (χ3n) is 6.50. The summed E-state index contributed by atoms with van der Waals surface area (Å²) in [5.41, 5.74) is 2.07. The molecule has 6 heteroatoms. The van der Waals surface area contributed by atoms with E-state index in [4.69, 9.17) is 0 Å². The minimum Gasteiger partial charge on any atom is -0.355 e. The van der Waals surface area contributed by atoms with Crippen molar-refractivity contribution in [1.29, 1.82) is 0 Å². The number of para-hydroxylation sites is 2. The summed E-state index contributed by atoms with van der Waals surface area (Å²) >= 11 is 0. The summed E-state index contributed by atoms with van der Waals surface area (Å²) < 4.78 is 0. The van der Waals surface area contributed by atoms with Crippen LogP contribution in [0.3, 0.4) is 0 Å². The van der Waals surface area contributed by atoms with E-state index in [1.54, 1.807) is 0 Å². The van der Waals surface area contributed by atoms with Crippen LogP contribution in [0.5, 0.6) is 0 Å². The van der Waals surface area contributed by atoms with E-state index in [9.17, 15) is 4.79 Å². The number of aromatic nitrogens is 2. The van der Waals surface area contributed by atoms with Crippen LogP contribution in [0.4, 0.5) is 5.95 Å². The number of nitrogens with zero attached hydrogens (tertiary/aromatic N) is 3. The van der Waals surface area contributed by atoms with Gasteiger partial charge in [-0.3, -0.25) is 4.79 Å². The van der Waals surface area contributed by atoms with Gasteiger partial charge in [0.25, 0.3) is 0 Å². The summed E-state index contributed by atoms with van der Waals surface area (Å²) in [4.78, 5) is 25.3. The molecule has 2 N–H and O–H groups in total. The van der Waals surface area contributed by atoms with Gasteiger partial charge in [0, 0.05) is 38.1 Å². The Morgan fingerprint density at radius 1 is 1.18 bits per heavy atom. The summed E-state index contributed by atoms with van der Waals surface area (Å²) in [6, 6.07) is 8.82. The Balaban J connectivity index is 1.20. The van der Waals surface area contributed by atoms with Crippen LogP contribution in [-0.2, 0) is 4.79 Å². The first-order chi connectivity index (χ1) is 13.7. The number of carbonyl (C=O) groups excluding carboxylic acids is 1. The molecule has 1 aromatic carbocycles. The number of likely N-dealkylation sites (N-methyl/N-ethyl adjacent to an activating group) is 1. The fourth-order valence-corrected chi connectivity index (χ4v) is 4.65. The number of amides is 1. The quantitative estimate of drug-likeness (QED) is 0.804. The second-order valence-electron chi connectivity index (χ2n) is 8.40. The smallest absolute Gasteiger partial charge is 0.223 e. The van der Waals surface area contributed by atoms with Crippen LogP contribution in [0, 0.1) is 5.92 Å². The van der Waals surface area contributed by atoms with E-state index in [-0.39, 0.29) is 11.8 Å². The molecule has 1 saturated carbocycles. The van der Waals surface area contributed by atoms with E-state index >= 15 is 0 Å². The summed E-state index contributed by atoms with van der Waals surface area (Å²) in [6.45, 7) is 3.46. The highest BCUT2D eigenvalue weighted by Crippen LogP contribution is 2.24. The maximum absolute atomic E-state index is 12.6. The number of H-pyrrole nitrogens is 1. The molecule has 1 aliphatic heterocycles. The molecule has 2 fully saturated rings. The summed E-state index contributed by atoms with van der Waals surface area (Å²) in [6.07, 6.45) is 8.49. The van der Waals surface area contributed by atoms with E-state index in [2.05, 4.69) is 38.2 Å². The Morgan fingerprint density at radius 3 is 2.68 bits per heavy atom. The van der Waals surface area contributed by atoms with Crippen LogP contribution in [0.2, 0.25) is 0 Å². The molecule has 1 amide bonds. The van der Waals surface area contributed by atoms with Gasteiger partial charge in [0.1, 0.15) is 0 Å². The minimum atomic E-state index is 0.126. The average molecular weight is 384 g/mol. The minimum absolute atomic E-state index is 0.126. The van der Waals surface area contributed by atoms with Gasteiger partial charge in [0.15, 0.2) is 0 Å². The fraction of sp³-hybridized carbons (Fsp3) is 0.636. The van der Waals surface area contributed by atoms with Crippen molar-refractivity contribution in [1.82, 2.24) is 20.2 Å². The van der Waals surface area contributed by atoms with Crippen LogP contribution in [0.25, 0.3) is 11.0 Å². The highest BCUT2D eigenvalue weighted by atomic mass is 16.1. The Hall–Kier alpha value is -2.08. The fourth-order valence-electron chi connectivity index (χ4n) is 4.65. The normalized spacial score (nSPS) is 19.4. The molecule has 2 aliphatic rings. The monoisotopic (exact) mass is 383 g/mol. The molecule has 1 saturated heterocycles. The van der Waals surface area contributed by atoms with Crippen molar-refractivity contribution in [3.05, 3.63) is 24.3 Å². The Morgan fingerprint density at radius 2 is 1.93 bits per heavy atom. The topological polar surface area (TPSA) is 64.3 Å². The summed E-state index contributed by atoms with van der Waals surface area (Å²) in [7, 11) is 2.20. The largest absolute Gasteiger partial charge is 0.355 e. The second-order valence-corrected chi connectivity index (χ2v) is 8.40. The van der Waals surface area contributed by atoms with Crippen molar-refractivity contribution in [3.8, 4) is 0 Å². The zero-order valence-corrected chi connectivity index (χ0v) is 17.0. The molecule has 1 aromatic heterocycles. The predicted molar refractivity (Wildman–Crippen MR) is 114 cm³/mol. The molecule has 0 radical (unpaired) electrons. The van der Waals surface area contributed by atoms with E-state index in [1.807, 2.05) is 18.2 Å². The molecule has 1 aliphatic carbocycles. The number of rotatable bonds is 6. The second kappa shape index (κ2) is 8.95. The predicted octanol–water partition coefficient (Wildman–Crippen LogP) is 3.16. The highest BCUT2D eigenvalue weighted by Gasteiger charge is 2.26. The van der Waals surface area contributed by atoms with Crippen molar-refractivity contribution in [2.75, 3.05) is 38.1 Å². The molecule has 0 unspecified atom stereocenters. The van der Waals surface area contributed by atoms with Gasteiger partial charge >= 0.3 is 0 Å². The van der Waals surface area contributed by atoms with Gasteiger partial charge in [0.05, 0.1) is 11.0 Å². The van der Waals surface area contributed by atoms with E-state index in [1.165, 1.54) is 32.1 Å². The number of benzene rings is 1. The average Bonchev–Trinajstić information content (AvgIpc) is 3.18. The van der Waals surface area contributed by atoms with Crippen LogP contribution in [0.1, 0.15) is 44.9 Å². The van der Waals surface area contributed by atoms with Gasteiger partial charge in [-0.25, -0.2) is 4.98 Å². The number of imidazole rings is 1. The lowest BCUT2D eigenvalue weighted by Crippen LogP contribution is -2.44. The molecule has 4 rings (SSSR count). The van der Waals surface area contributed by atoms with Gasteiger partial charge in [-0.1, -0.05) is 31.4 Å².